The fourth-order valence-corrected chi connectivity index (χ4v) is 3.75. The van der Waals surface area contributed by atoms with Gasteiger partial charge in [-0.3, -0.25) is 9.24 Å². The zero-order valence-corrected chi connectivity index (χ0v) is 15.3. The van der Waals surface area contributed by atoms with Crippen molar-refractivity contribution in [3.63, 3.8) is 0 Å². The maximum Gasteiger partial charge on any atom is 0.198 e. The van der Waals surface area contributed by atoms with E-state index in [1.165, 1.54) is 0 Å². The molecule has 2 atom stereocenters. The molecule has 20 heavy (non-hydrogen) atoms. The molecule has 6 nitrogen and oxygen atoms in total. The van der Waals surface area contributed by atoms with E-state index in [-0.39, 0.29) is 6.17 Å². The van der Waals surface area contributed by atoms with Crippen LogP contribution < -0.4 is 5.32 Å². The molecular formula is C11H18ClIN5OP. The predicted octanol–water partition coefficient (Wildman–Crippen LogP) is 3.05. The normalized spacial score (nSPS) is 22.8. The van der Waals surface area contributed by atoms with E-state index in [0.717, 1.165) is 37.8 Å². The molecule has 1 saturated heterocycles. The molecule has 1 N–H and O–H groups in total. The second-order valence-electron chi connectivity index (χ2n) is 4.00. The van der Waals surface area contributed by atoms with Crippen LogP contribution in [0.15, 0.2) is 11.3 Å². The Morgan fingerprint density at radius 2 is 2.15 bits per heavy atom. The summed E-state index contributed by atoms with van der Waals surface area (Å²) in [4.78, 5) is 11.2. The lowest BCUT2D eigenvalue weighted by atomic mass is 10.2. The number of nitrogens with one attached hydrogen (secondary N) is 1. The van der Waals surface area contributed by atoms with E-state index in [0.29, 0.717) is 11.7 Å². The van der Waals surface area contributed by atoms with E-state index in [1.54, 1.807) is 0 Å². The maximum absolute atomic E-state index is 6.08. The monoisotopic (exact) mass is 429 g/mol. The van der Waals surface area contributed by atoms with Crippen molar-refractivity contribution >= 4 is 51.1 Å². The Bertz CT molecular complexity index is 477. The summed E-state index contributed by atoms with van der Waals surface area (Å²) < 4.78 is 7.42. The van der Waals surface area contributed by atoms with Crippen molar-refractivity contribution in [3.05, 3.63) is 12.0 Å². The minimum atomic E-state index is -0.0911. The molecule has 0 radical (unpaired) electrons. The molecule has 9 heteroatoms. The van der Waals surface area contributed by atoms with E-state index in [2.05, 4.69) is 46.6 Å². The third-order valence-electron chi connectivity index (χ3n) is 2.98. The number of nitrogens with zero attached hydrogens (tertiary/aromatic N) is 4. The Hall–Kier alpha value is 0.0500. The highest BCUT2D eigenvalue weighted by Gasteiger charge is 2.31. The summed E-state index contributed by atoms with van der Waals surface area (Å²) in [5.74, 6) is 0.958. The first-order chi connectivity index (χ1) is 9.79. The lowest BCUT2D eigenvalue weighted by molar-refractivity contribution is 0.0171. The predicted molar refractivity (Wildman–Crippen MR) is 93.4 cm³/mol. The largest absolute Gasteiger partial charge is 0.379 e. The van der Waals surface area contributed by atoms with Gasteiger partial charge in [0.25, 0.3) is 0 Å². The molecule has 0 amide bonds. The van der Waals surface area contributed by atoms with Crippen LogP contribution >= 0.6 is 40.0 Å². The maximum atomic E-state index is 6.08. The van der Waals surface area contributed by atoms with Gasteiger partial charge in [-0.15, -0.1) is 0 Å². The Morgan fingerprint density at radius 3 is 2.80 bits per heavy atom. The van der Waals surface area contributed by atoms with Gasteiger partial charge >= 0.3 is 0 Å². The third-order valence-corrected chi connectivity index (χ3v) is 5.25. The van der Waals surface area contributed by atoms with Gasteiger partial charge in [0.15, 0.2) is 11.5 Å². The topological polar surface area (TPSA) is 54.7 Å². The molecule has 1 aromatic heterocycles. The van der Waals surface area contributed by atoms with Gasteiger partial charge in [0.05, 0.1) is 19.6 Å². The quantitative estimate of drug-likeness (QED) is 0.446. The summed E-state index contributed by atoms with van der Waals surface area (Å²) in [7, 11) is 0. The number of anilines is 1. The van der Waals surface area contributed by atoms with Gasteiger partial charge in [-0.25, -0.2) is 9.98 Å². The second kappa shape index (κ2) is 7.89. The molecule has 3 heterocycles. The molecule has 2 unspecified atom stereocenters. The average Bonchev–Trinajstić information content (AvgIpc) is 2.92. The molecule has 0 bridgehead atoms. The number of halogens is 2. The molecule has 112 valence electrons. The standard InChI is InChI=1S/C9H12ClIN5OP.C2H6/c10-9-13-7(15-1-3-17-4-2-15)6-8(14-9)16(18-11)5-12-6;1-2/h5,7,18H,1-4H2,(H,13,14);1-2H3. The number of aromatic nitrogens is 2. The summed E-state index contributed by atoms with van der Waals surface area (Å²) >= 11 is 8.40. The van der Waals surface area contributed by atoms with Crippen LogP contribution in [0.2, 0.25) is 0 Å². The highest BCUT2D eigenvalue weighted by molar-refractivity contribution is 14.2. The van der Waals surface area contributed by atoms with Crippen LogP contribution in [0.25, 0.3) is 0 Å². The van der Waals surface area contributed by atoms with Crippen molar-refractivity contribution in [2.45, 2.75) is 20.0 Å². The molecule has 0 saturated carbocycles. The minimum Gasteiger partial charge on any atom is -0.379 e. The van der Waals surface area contributed by atoms with E-state index in [9.17, 15) is 0 Å². The van der Waals surface area contributed by atoms with Crippen LogP contribution in [0.3, 0.4) is 0 Å². The Labute approximate surface area is 138 Å². The Balaban J connectivity index is 0.000000704. The van der Waals surface area contributed by atoms with Crippen LogP contribution in [0.4, 0.5) is 5.82 Å². The summed E-state index contributed by atoms with van der Waals surface area (Å²) in [5, 5.41) is 3.51. The zero-order valence-electron chi connectivity index (χ0n) is 11.4. The molecule has 2 aliphatic heterocycles. The van der Waals surface area contributed by atoms with Gasteiger partial charge in [-0.1, -0.05) is 13.8 Å². The number of amidine groups is 1. The van der Waals surface area contributed by atoms with Gasteiger partial charge in [0.2, 0.25) is 0 Å². The highest BCUT2D eigenvalue weighted by Crippen LogP contribution is 2.37. The van der Waals surface area contributed by atoms with Crippen molar-refractivity contribution in [3.8, 4) is 0 Å². The Kier molecular flexibility index (Phi) is 6.48. The summed E-state index contributed by atoms with van der Waals surface area (Å²) in [6.07, 6.45) is 2.33. The third kappa shape index (κ3) is 3.44. The first-order valence-corrected chi connectivity index (χ1v) is 11.0. The number of fused-ring (bicyclic) bond motifs is 1. The van der Waals surface area contributed by atoms with Gasteiger partial charge < -0.3 is 10.1 Å². The minimum absolute atomic E-state index is 0.0911. The zero-order chi connectivity index (χ0) is 14.5. The van der Waals surface area contributed by atoms with Crippen molar-refractivity contribution in [1.82, 2.24) is 14.2 Å². The van der Waals surface area contributed by atoms with Crippen molar-refractivity contribution in [2.24, 2.45) is 4.99 Å². The van der Waals surface area contributed by atoms with Gasteiger partial charge in [0, 0.05) is 13.1 Å². The lowest BCUT2D eigenvalue weighted by Gasteiger charge is -2.33. The number of hydrogen-bond acceptors (Lipinski definition) is 5. The molecular weight excluding hydrogens is 411 g/mol. The molecule has 2 aliphatic rings. The first kappa shape index (κ1) is 16.4. The molecule has 0 aromatic carbocycles. The van der Waals surface area contributed by atoms with Gasteiger partial charge in [0.1, 0.15) is 17.8 Å². The van der Waals surface area contributed by atoms with Crippen molar-refractivity contribution < 1.29 is 4.74 Å². The van der Waals surface area contributed by atoms with Crippen LogP contribution in [0.5, 0.6) is 0 Å². The number of rotatable bonds is 2. The number of aliphatic imine (C=N–C) groups is 1. The first-order valence-electron chi connectivity index (χ1n) is 6.55. The van der Waals surface area contributed by atoms with E-state index >= 15 is 0 Å². The van der Waals surface area contributed by atoms with E-state index in [1.807, 2.05) is 20.2 Å². The molecule has 0 spiro atoms. The average molecular weight is 430 g/mol. The molecule has 0 aliphatic carbocycles. The molecule has 1 aromatic rings. The lowest BCUT2D eigenvalue weighted by Crippen LogP contribution is -2.40. The van der Waals surface area contributed by atoms with Crippen LogP contribution in [0.1, 0.15) is 25.7 Å². The van der Waals surface area contributed by atoms with Crippen LogP contribution in [-0.4, -0.2) is 45.8 Å². The smallest absolute Gasteiger partial charge is 0.198 e. The van der Waals surface area contributed by atoms with Crippen LogP contribution in [-0.2, 0) is 4.74 Å². The van der Waals surface area contributed by atoms with Crippen LogP contribution in [0, 0.1) is 0 Å². The summed E-state index contributed by atoms with van der Waals surface area (Å²) in [6.45, 7) is 7.19. The fraction of sp³-hybridized carbons (Fsp3) is 0.636. The van der Waals surface area contributed by atoms with Gasteiger partial charge in [-0.05, 0) is 33.6 Å². The molecule has 1 fully saturated rings. The summed E-state index contributed by atoms with van der Waals surface area (Å²) in [5.41, 5.74) is 0.950. The summed E-state index contributed by atoms with van der Waals surface area (Å²) in [6, 6.07) is 0. The number of ether oxygens (including phenoxy) is 1. The SMILES string of the molecule is CC.ClC1=NC(N2CCOCC2)c2ncn(PI)c2N1. The number of hydrogen-bond donors (Lipinski definition) is 1. The number of imidazole rings is 1. The van der Waals surface area contributed by atoms with Crippen molar-refractivity contribution in [1.29, 1.82) is 0 Å². The van der Waals surface area contributed by atoms with E-state index in [4.69, 9.17) is 16.3 Å². The van der Waals surface area contributed by atoms with Crippen molar-refractivity contribution in [2.75, 3.05) is 31.6 Å². The number of morpholine rings is 1. The highest BCUT2D eigenvalue weighted by atomic mass is 127. The van der Waals surface area contributed by atoms with E-state index < -0.39 is 0 Å². The Morgan fingerprint density at radius 1 is 1.45 bits per heavy atom. The second-order valence-corrected chi connectivity index (χ2v) is 6.46. The fourth-order valence-electron chi connectivity index (χ4n) is 2.11. The molecule has 3 rings (SSSR count). The van der Waals surface area contributed by atoms with Gasteiger partial charge in [-0.2, -0.15) is 0 Å².